The number of carbonyl (C=O) groups is 3. The molecule has 0 aliphatic heterocycles. The van der Waals surface area contributed by atoms with Crippen LogP contribution in [0.2, 0.25) is 0 Å². The number of carbonyl (C=O) groups excluding carboxylic acids is 2. The first-order chi connectivity index (χ1) is 8.88. The SMILES string of the molecule is CCOC(=O)C(N)C(=O)NCCC(C)CCC(=O)O. The van der Waals surface area contributed by atoms with Crippen LogP contribution < -0.4 is 11.1 Å². The van der Waals surface area contributed by atoms with Crippen LogP contribution in [0.1, 0.15) is 33.1 Å². The second kappa shape index (κ2) is 9.32. The Hall–Kier alpha value is -1.63. The maximum absolute atomic E-state index is 11.5. The van der Waals surface area contributed by atoms with Gasteiger partial charge in [0.2, 0.25) is 5.91 Å². The molecule has 19 heavy (non-hydrogen) atoms. The van der Waals surface area contributed by atoms with Crippen LogP contribution >= 0.6 is 0 Å². The number of nitrogens with two attached hydrogens (primary N) is 1. The molecular weight excluding hydrogens is 252 g/mol. The average molecular weight is 274 g/mol. The van der Waals surface area contributed by atoms with Crippen molar-refractivity contribution < 1.29 is 24.2 Å². The number of hydrogen-bond donors (Lipinski definition) is 3. The van der Waals surface area contributed by atoms with Crippen molar-refractivity contribution in [1.82, 2.24) is 5.32 Å². The van der Waals surface area contributed by atoms with Crippen molar-refractivity contribution in [3.63, 3.8) is 0 Å². The van der Waals surface area contributed by atoms with Crippen LogP contribution in [-0.2, 0) is 19.1 Å². The number of hydrogen-bond acceptors (Lipinski definition) is 5. The number of esters is 1. The van der Waals surface area contributed by atoms with Crippen molar-refractivity contribution >= 4 is 17.8 Å². The van der Waals surface area contributed by atoms with E-state index in [4.69, 9.17) is 10.8 Å². The molecule has 0 bridgehead atoms. The number of ether oxygens (including phenoxy) is 1. The molecule has 0 radical (unpaired) electrons. The number of carboxylic acids is 1. The maximum Gasteiger partial charge on any atom is 0.332 e. The third-order valence-electron chi connectivity index (χ3n) is 2.61. The predicted molar refractivity (Wildman–Crippen MR) is 68.3 cm³/mol. The van der Waals surface area contributed by atoms with E-state index in [2.05, 4.69) is 10.1 Å². The summed E-state index contributed by atoms with van der Waals surface area (Å²) in [6.45, 7) is 4.06. The van der Waals surface area contributed by atoms with Gasteiger partial charge >= 0.3 is 11.9 Å². The Kier molecular flexibility index (Phi) is 8.52. The van der Waals surface area contributed by atoms with Gasteiger partial charge in [-0.1, -0.05) is 6.92 Å². The van der Waals surface area contributed by atoms with Crippen LogP contribution in [0.3, 0.4) is 0 Å². The summed E-state index contributed by atoms with van der Waals surface area (Å²) in [5.41, 5.74) is 5.40. The Morgan fingerprint density at radius 1 is 1.32 bits per heavy atom. The van der Waals surface area contributed by atoms with Crippen molar-refractivity contribution in [2.75, 3.05) is 13.2 Å². The monoisotopic (exact) mass is 274 g/mol. The summed E-state index contributed by atoms with van der Waals surface area (Å²) in [4.78, 5) is 33.0. The normalized spacial score (nSPS) is 13.4. The first kappa shape index (κ1) is 17.4. The molecule has 110 valence electrons. The van der Waals surface area contributed by atoms with Crippen molar-refractivity contribution in [3.05, 3.63) is 0 Å². The lowest BCUT2D eigenvalue weighted by Gasteiger charge is -2.13. The van der Waals surface area contributed by atoms with E-state index < -0.39 is 23.9 Å². The maximum atomic E-state index is 11.5. The lowest BCUT2D eigenvalue weighted by Crippen LogP contribution is -2.47. The quantitative estimate of drug-likeness (QED) is 0.398. The highest BCUT2D eigenvalue weighted by Gasteiger charge is 2.22. The largest absolute Gasteiger partial charge is 0.481 e. The molecule has 0 fully saturated rings. The number of carboxylic acid groups (broad SMARTS) is 1. The molecule has 0 spiro atoms. The smallest absolute Gasteiger partial charge is 0.332 e. The topological polar surface area (TPSA) is 119 Å². The molecule has 0 aromatic rings. The van der Waals surface area contributed by atoms with Gasteiger partial charge in [0.05, 0.1) is 6.61 Å². The van der Waals surface area contributed by atoms with Crippen LogP contribution in [0.25, 0.3) is 0 Å². The minimum Gasteiger partial charge on any atom is -0.481 e. The van der Waals surface area contributed by atoms with E-state index in [1.807, 2.05) is 6.92 Å². The van der Waals surface area contributed by atoms with Crippen LogP contribution in [0.15, 0.2) is 0 Å². The van der Waals surface area contributed by atoms with E-state index >= 15 is 0 Å². The highest BCUT2D eigenvalue weighted by molar-refractivity contribution is 6.01. The zero-order valence-corrected chi connectivity index (χ0v) is 11.3. The Morgan fingerprint density at radius 3 is 2.47 bits per heavy atom. The minimum absolute atomic E-state index is 0.109. The van der Waals surface area contributed by atoms with Gasteiger partial charge in [0, 0.05) is 13.0 Å². The Bertz CT molecular complexity index is 319. The van der Waals surface area contributed by atoms with Crippen LogP contribution in [0.5, 0.6) is 0 Å². The molecule has 0 aromatic carbocycles. The van der Waals surface area contributed by atoms with Crippen LogP contribution in [0.4, 0.5) is 0 Å². The fourth-order valence-electron chi connectivity index (χ4n) is 1.41. The number of nitrogens with one attached hydrogen (secondary N) is 1. The van der Waals surface area contributed by atoms with E-state index in [1.165, 1.54) is 0 Å². The molecule has 7 nitrogen and oxygen atoms in total. The molecule has 7 heteroatoms. The molecule has 2 atom stereocenters. The Labute approximate surface area is 112 Å². The molecule has 0 aromatic heterocycles. The first-order valence-electron chi connectivity index (χ1n) is 6.30. The third-order valence-corrected chi connectivity index (χ3v) is 2.61. The zero-order chi connectivity index (χ0) is 14.8. The average Bonchev–Trinajstić information content (AvgIpc) is 2.35. The fourth-order valence-corrected chi connectivity index (χ4v) is 1.41. The molecule has 4 N–H and O–H groups in total. The molecule has 0 rings (SSSR count). The molecule has 2 unspecified atom stereocenters. The summed E-state index contributed by atoms with van der Waals surface area (Å²) >= 11 is 0. The minimum atomic E-state index is -1.31. The molecule has 1 amide bonds. The Balaban J connectivity index is 3.84. The van der Waals surface area contributed by atoms with Gasteiger partial charge in [0.15, 0.2) is 6.04 Å². The Morgan fingerprint density at radius 2 is 1.95 bits per heavy atom. The fraction of sp³-hybridized carbons (Fsp3) is 0.750. The third kappa shape index (κ3) is 8.15. The molecular formula is C12H22N2O5. The van der Waals surface area contributed by atoms with Gasteiger partial charge in [0.25, 0.3) is 0 Å². The lowest BCUT2D eigenvalue weighted by molar-refractivity contribution is -0.148. The molecule has 0 saturated carbocycles. The van der Waals surface area contributed by atoms with Gasteiger partial charge in [-0.05, 0) is 25.7 Å². The van der Waals surface area contributed by atoms with Crippen molar-refractivity contribution in [2.45, 2.75) is 39.2 Å². The van der Waals surface area contributed by atoms with E-state index in [1.54, 1.807) is 6.92 Å². The lowest BCUT2D eigenvalue weighted by atomic mass is 10.0. The van der Waals surface area contributed by atoms with Gasteiger partial charge in [-0.25, -0.2) is 4.79 Å². The van der Waals surface area contributed by atoms with Gasteiger partial charge in [-0.3, -0.25) is 9.59 Å². The van der Waals surface area contributed by atoms with Gasteiger partial charge < -0.3 is 20.9 Å². The van der Waals surface area contributed by atoms with Crippen molar-refractivity contribution in [1.29, 1.82) is 0 Å². The summed E-state index contributed by atoms with van der Waals surface area (Å²) in [6, 6.07) is -1.31. The summed E-state index contributed by atoms with van der Waals surface area (Å²) < 4.78 is 4.63. The van der Waals surface area contributed by atoms with E-state index in [0.717, 1.165) is 0 Å². The highest BCUT2D eigenvalue weighted by atomic mass is 16.5. The van der Waals surface area contributed by atoms with Crippen molar-refractivity contribution in [3.8, 4) is 0 Å². The second-order valence-corrected chi connectivity index (χ2v) is 4.35. The van der Waals surface area contributed by atoms with E-state index in [9.17, 15) is 14.4 Å². The zero-order valence-electron chi connectivity index (χ0n) is 11.3. The van der Waals surface area contributed by atoms with E-state index in [0.29, 0.717) is 19.4 Å². The van der Waals surface area contributed by atoms with Crippen molar-refractivity contribution in [2.24, 2.45) is 11.7 Å². The molecule has 0 aliphatic rings. The van der Waals surface area contributed by atoms with Gasteiger partial charge in [-0.2, -0.15) is 0 Å². The molecule has 0 saturated heterocycles. The summed E-state index contributed by atoms with van der Waals surface area (Å²) in [6.07, 6.45) is 1.29. The van der Waals surface area contributed by atoms with Gasteiger partial charge in [-0.15, -0.1) is 0 Å². The predicted octanol–water partition coefficient (Wildman–Crippen LogP) is -0.116. The number of aliphatic carboxylic acids is 1. The molecule has 0 heterocycles. The number of rotatable bonds is 9. The van der Waals surface area contributed by atoms with Gasteiger partial charge in [0.1, 0.15) is 0 Å². The first-order valence-corrected chi connectivity index (χ1v) is 6.30. The highest BCUT2D eigenvalue weighted by Crippen LogP contribution is 2.09. The van der Waals surface area contributed by atoms with Crippen LogP contribution in [-0.4, -0.2) is 42.1 Å². The summed E-state index contributed by atoms with van der Waals surface area (Å²) in [5.74, 6) is -1.99. The standard InChI is InChI=1S/C12H22N2O5/c1-3-19-12(18)10(13)11(17)14-7-6-8(2)4-5-9(15)16/h8,10H,3-7,13H2,1-2H3,(H,14,17)(H,15,16). The molecule has 0 aliphatic carbocycles. The second-order valence-electron chi connectivity index (χ2n) is 4.35. The van der Waals surface area contributed by atoms with Crippen LogP contribution in [0, 0.1) is 5.92 Å². The summed E-state index contributed by atoms with van der Waals surface area (Å²) in [7, 11) is 0. The summed E-state index contributed by atoms with van der Waals surface area (Å²) in [5, 5.41) is 11.1. The van der Waals surface area contributed by atoms with E-state index in [-0.39, 0.29) is 18.9 Å². The number of amides is 1.